The number of hydrogen-bond donors (Lipinski definition) is 1. The Bertz CT molecular complexity index is 420. The van der Waals surface area contributed by atoms with E-state index in [2.05, 4.69) is 26.0 Å². The third-order valence-electron chi connectivity index (χ3n) is 2.39. The first-order chi connectivity index (χ1) is 8.69. The summed E-state index contributed by atoms with van der Waals surface area (Å²) in [5, 5.41) is 3.62. The Morgan fingerprint density at radius 2 is 2.00 bits per heavy atom. The van der Waals surface area contributed by atoms with E-state index in [1.807, 2.05) is 0 Å². The number of unbranched alkanes of at least 4 members (excludes halogenated alkanes) is 1. The highest BCUT2D eigenvalue weighted by molar-refractivity contribution is 9.09. The maximum Gasteiger partial charge on any atom is 0.339 e. The van der Waals surface area contributed by atoms with Crippen LogP contribution in [0.25, 0.3) is 0 Å². The zero-order valence-corrected chi connectivity index (χ0v) is 11.8. The molecule has 18 heavy (non-hydrogen) atoms. The van der Waals surface area contributed by atoms with Crippen LogP contribution in [0.15, 0.2) is 24.3 Å². The Morgan fingerprint density at radius 1 is 1.28 bits per heavy atom. The van der Waals surface area contributed by atoms with Gasteiger partial charge in [0.25, 0.3) is 0 Å². The first-order valence-corrected chi connectivity index (χ1v) is 6.84. The molecule has 5 heteroatoms. The number of amides is 1. The van der Waals surface area contributed by atoms with Crippen LogP contribution in [0.5, 0.6) is 0 Å². The normalized spacial score (nSPS) is 9.89. The number of ether oxygens (including phenoxy) is 1. The minimum atomic E-state index is -0.452. The highest BCUT2D eigenvalue weighted by Gasteiger charge is 2.12. The van der Waals surface area contributed by atoms with E-state index in [4.69, 9.17) is 0 Å². The number of hydrogen-bond acceptors (Lipinski definition) is 3. The van der Waals surface area contributed by atoms with E-state index in [0.717, 1.165) is 18.2 Å². The monoisotopic (exact) mass is 313 g/mol. The van der Waals surface area contributed by atoms with Gasteiger partial charge in [0.2, 0.25) is 5.91 Å². The van der Waals surface area contributed by atoms with Gasteiger partial charge in [0.1, 0.15) is 0 Å². The second-order valence-corrected chi connectivity index (χ2v) is 4.52. The quantitative estimate of drug-likeness (QED) is 0.499. The maximum absolute atomic E-state index is 11.7. The SMILES string of the molecule is COC(=O)c1ccccc1NC(=O)CCCCBr. The molecule has 0 heterocycles. The maximum atomic E-state index is 11.7. The number of rotatable bonds is 6. The number of alkyl halides is 1. The van der Waals surface area contributed by atoms with Gasteiger partial charge in [-0.3, -0.25) is 4.79 Å². The zero-order valence-electron chi connectivity index (χ0n) is 10.2. The molecular formula is C13H16BrNO3. The molecule has 0 aliphatic heterocycles. The van der Waals surface area contributed by atoms with E-state index < -0.39 is 5.97 Å². The number of nitrogens with one attached hydrogen (secondary N) is 1. The van der Waals surface area contributed by atoms with Gasteiger partial charge >= 0.3 is 5.97 Å². The topological polar surface area (TPSA) is 55.4 Å². The Labute approximate surface area is 115 Å². The molecule has 1 N–H and O–H groups in total. The average Bonchev–Trinajstić information content (AvgIpc) is 2.39. The Kier molecular flexibility index (Phi) is 6.43. The summed E-state index contributed by atoms with van der Waals surface area (Å²) in [6, 6.07) is 6.81. The Balaban J connectivity index is 2.66. The summed E-state index contributed by atoms with van der Waals surface area (Å²) in [6.45, 7) is 0. The molecular weight excluding hydrogens is 298 g/mol. The van der Waals surface area contributed by atoms with Crippen LogP contribution in [0.3, 0.4) is 0 Å². The van der Waals surface area contributed by atoms with Crippen LogP contribution in [0.2, 0.25) is 0 Å². The number of anilines is 1. The van der Waals surface area contributed by atoms with Gasteiger partial charge in [-0.25, -0.2) is 4.79 Å². The molecule has 98 valence electrons. The lowest BCUT2D eigenvalue weighted by atomic mass is 10.1. The highest BCUT2D eigenvalue weighted by atomic mass is 79.9. The van der Waals surface area contributed by atoms with Gasteiger partial charge in [-0.15, -0.1) is 0 Å². The van der Waals surface area contributed by atoms with E-state index in [9.17, 15) is 9.59 Å². The first-order valence-electron chi connectivity index (χ1n) is 5.72. The third kappa shape index (κ3) is 4.49. The number of halogens is 1. The third-order valence-corrected chi connectivity index (χ3v) is 2.95. The predicted octanol–water partition coefficient (Wildman–Crippen LogP) is 2.98. The summed E-state index contributed by atoms with van der Waals surface area (Å²) in [7, 11) is 1.32. The van der Waals surface area contributed by atoms with Crippen molar-refractivity contribution in [2.45, 2.75) is 19.3 Å². The molecule has 0 aliphatic rings. The predicted molar refractivity (Wildman–Crippen MR) is 74.1 cm³/mol. The molecule has 0 atom stereocenters. The molecule has 0 unspecified atom stereocenters. The zero-order chi connectivity index (χ0) is 13.4. The van der Waals surface area contributed by atoms with Gasteiger partial charge in [-0.1, -0.05) is 28.1 Å². The summed E-state index contributed by atoms with van der Waals surface area (Å²) in [6.07, 6.45) is 2.21. The van der Waals surface area contributed by atoms with Crippen LogP contribution < -0.4 is 5.32 Å². The molecule has 0 bridgehead atoms. The summed E-state index contributed by atoms with van der Waals surface area (Å²) >= 11 is 3.31. The van der Waals surface area contributed by atoms with Gasteiger partial charge in [0.05, 0.1) is 18.4 Å². The van der Waals surface area contributed by atoms with Crippen molar-refractivity contribution in [3.05, 3.63) is 29.8 Å². The fourth-order valence-corrected chi connectivity index (χ4v) is 1.87. The van der Waals surface area contributed by atoms with Crippen molar-refractivity contribution in [1.29, 1.82) is 0 Å². The molecule has 0 aromatic heterocycles. The number of para-hydroxylation sites is 1. The lowest BCUT2D eigenvalue weighted by Crippen LogP contribution is -2.14. The molecule has 0 saturated heterocycles. The minimum Gasteiger partial charge on any atom is -0.465 e. The van der Waals surface area contributed by atoms with Gasteiger partial charge in [0, 0.05) is 11.8 Å². The summed E-state index contributed by atoms with van der Waals surface area (Å²) in [5.74, 6) is -0.543. The lowest BCUT2D eigenvalue weighted by molar-refractivity contribution is -0.116. The van der Waals surface area contributed by atoms with E-state index in [-0.39, 0.29) is 5.91 Å². The molecule has 1 amide bonds. The first kappa shape index (κ1) is 14.7. The molecule has 1 aromatic carbocycles. The highest BCUT2D eigenvalue weighted by Crippen LogP contribution is 2.16. The van der Waals surface area contributed by atoms with E-state index in [1.54, 1.807) is 24.3 Å². The van der Waals surface area contributed by atoms with Gasteiger partial charge in [-0.05, 0) is 25.0 Å². The number of carbonyl (C=O) groups excluding carboxylic acids is 2. The summed E-state index contributed by atoms with van der Waals surface area (Å²) in [5.41, 5.74) is 0.863. The number of esters is 1. The van der Waals surface area contributed by atoms with E-state index in [0.29, 0.717) is 17.7 Å². The number of carbonyl (C=O) groups is 2. The van der Waals surface area contributed by atoms with E-state index in [1.165, 1.54) is 7.11 Å². The second-order valence-electron chi connectivity index (χ2n) is 3.73. The van der Waals surface area contributed by atoms with Gasteiger partial charge in [-0.2, -0.15) is 0 Å². The van der Waals surface area contributed by atoms with Gasteiger partial charge in [0.15, 0.2) is 0 Å². The summed E-state index contributed by atoms with van der Waals surface area (Å²) in [4.78, 5) is 23.2. The van der Waals surface area contributed by atoms with Gasteiger partial charge < -0.3 is 10.1 Å². The van der Waals surface area contributed by atoms with Crippen molar-refractivity contribution in [1.82, 2.24) is 0 Å². The van der Waals surface area contributed by atoms with Crippen molar-refractivity contribution in [2.24, 2.45) is 0 Å². The van der Waals surface area contributed by atoms with Crippen molar-refractivity contribution in [3.63, 3.8) is 0 Å². The fraction of sp³-hybridized carbons (Fsp3) is 0.385. The fourth-order valence-electron chi connectivity index (χ4n) is 1.47. The van der Waals surface area contributed by atoms with Crippen LogP contribution in [0.1, 0.15) is 29.6 Å². The van der Waals surface area contributed by atoms with Crippen LogP contribution in [0.4, 0.5) is 5.69 Å². The van der Waals surface area contributed by atoms with Crippen LogP contribution >= 0.6 is 15.9 Å². The Morgan fingerprint density at radius 3 is 2.67 bits per heavy atom. The Hall–Kier alpha value is -1.36. The van der Waals surface area contributed by atoms with Crippen molar-refractivity contribution in [2.75, 3.05) is 17.8 Å². The number of benzene rings is 1. The second kappa shape index (κ2) is 7.87. The summed E-state index contributed by atoms with van der Waals surface area (Å²) < 4.78 is 4.66. The molecule has 0 spiro atoms. The lowest BCUT2D eigenvalue weighted by Gasteiger charge is -2.09. The molecule has 0 fully saturated rings. The van der Waals surface area contributed by atoms with Crippen LogP contribution in [0, 0.1) is 0 Å². The van der Waals surface area contributed by atoms with Crippen LogP contribution in [-0.4, -0.2) is 24.3 Å². The molecule has 0 aliphatic carbocycles. The molecule has 0 saturated carbocycles. The molecule has 0 radical (unpaired) electrons. The van der Waals surface area contributed by atoms with E-state index >= 15 is 0 Å². The number of methoxy groups -OCH3 is 1. The van der Waals surface area contributed by atoms with Crippen molar-refractivity contribution >= 4 is 33.5 Å². The van der Waals surface area contributed by atoms with Crippen LogP contribution in [-0.2, 0) is 9.53 Å². The minimum absolute atomic E-state index is 0.0905. The van der Waals surface area contributed by atoms with Crippen molar-refractivity contribution < 1.29 is 14.3 Å². The molecule has 4 nitrogen and oxygen atoms in total. The largest absolute Gasteiger partial charge is 0.465 e. The molecule has 1 rings (SSSR count). The van der Waals surface area contributed by atoms with Crippen molar-refractivity contribution in [3.8, 4) is 0 Å². The average molecular weight is 314 g/mol. The standard InChI is InChI=1S/C13H16BrNO3/c1-18-13(17)10-6-2-3-7-11(10)15-12(16)8-4-5-9-14/h2-3,6-7H,4-5,8-9H2,1H3,(H,15,16). The smallest absolute Gasteiger partial charge is 0.339 e. The molecule has 1 aromatic rings.